The Kier molecular flexibility index (Phi) is 4.66. The molecular formula is C15H16BrFN2. The summed E-state index contributed by atoms with van der Waals surface area (Å²) in [5.74, 6) is -0.113. The molecule has 0 atom stereocenters. The molecule has 0 amide bonds. The highest BCUT2D eigenvalue weighted by molar-refractivity contribution is 9.10. The lowest BCUT2D eigenvalue weighted by Gasteiger charge is -2.08. The van der Waals surface area contributed by atoms with E-state index in [-0.39, 0.29) is 5.82 Å². The summed E-state index contributed by atoms with van der Waals surface area (Å²) in [4.78, 5) is 4.29. The molecule has 0 aliphatic heterocycles. The maximum Gasteiger partial charge on any atom is 0.129 e. The van der Waals surface area contributed by atoms with Gasteiger partial charge in [-0.3, -0.25) is 4.98 Å². The average molecular weight is 323 g/mol. The van der Waals surface area contributed by atoms with Gasteiger partial charge >= 0.3 is 0 Å². The molecule has 1 aromatic carbocycles. The minimum absolute atomic E-state index is 0.113. The van der Waals surface area contributed by atoms with Crippen LogP contribution in [0.1, 0.15) is 22.4 Å². The van der Waals surface area contributed by atoms with E-state index in [4.69, 9.17) is 0 Å². The maximum absolute atomic E-state index is 13.5. The fourth-order valence-corrected chi connectivity index (χ4v) is 2.22. The molecule has 1 N–H and O–H groups in total. The zero-order valence-corrected chi connectivity index (χ0v) is 12.6. The van der Waals surface area contributed by atoms with Crippen LogP contribution in [0.3, 0.4) is 0 Å². The molecule has 0 saturated carbocycles. The molecule has 19 heavy (non-hydrogen) atoms. The molecule has 0 aliphatic rings. The highest BCUT2D eigenvalue weighted by Gasteiger charge is 2.04. The molecule has 2 nitrogen and oxygen atoms in total. The van der Waals surface area contributed by atoms with Gasteiger partial charge in [-0.1, -0.05) is 12.1 Å². The zero-order valence-electron chi connectivity index (χ0n) is 11.0. The van der Waals surface area contributed by atoms with Crippen LogP contribution in [0, 0.1) is 19.7 Å². The number of hydrogen-bond acceptors (Lipinski definition) is 2. The predicted octanol–water partition coefficient (Wildman–Crippen LogP) is 3.89. The summed E-state index contributed by atoms with van der Waals surface area (Å²) in [5, 5.41) is 3.31. The molecule has 0 saturated heterocycles. The topological polar surface area (TPSA) is 24.9 Å². The summed E-state index contributed by atoms with van der Waals surface area (Å²) in [6, 6.07) is 7.70. The zero-order chi connectivity index (χ0) is 13.8. The van der Waals surface area contributed by atoms with E-state index < -0.39 is 0 Å². The van der Waals surface area contributed by atoms with Crippen LogP contribution in [0.5, 0.6) is 0 Å². The Hall–Kier alpha value is -1.26. The van der Waals surface area contributed by atoms with Crippen LogP contribution in [-0.4, -0.2) is 4.98 Å². The number of nitrogens with zero attached hydrogens (tertiary/aromatic N) is 1. The second-order valence-corrected chi connectivity index (χ2v) is 5.53. The second kappa shape index (κ2) is 6.26. The Balaban J connectivity index is 1.94. The van der Waals surface area contributed by atoms with Gasteiger partial charge in [0.05, 0.1) is 5.69 Å². The van der Waals surface area contributed by atoms with Gasteiger partial charge in [-0.2, -0.15) is 0 Å². The van der Waals surface area contributed by atoms with Crippen LogP contribution < -0.4 is 5.32 Å². The first-order chi connectivity index (χ1) is 9.06. The summed E-state index contributed by atoms with van der Waals surface area (Å²) < 4.78 is 14.5. The molecular weight excluding hydrogens is 307 g/mol. The van der Waals surface area contributed by atoms with E-state index in [2.05, 4.69) is 26.2 Å². The third-order valence-electron chi connectivity index (χ3n) is 2.92. The van der Waals surface area contributed by atoms with Crippen molar-refractivity contribution in [3.8, 4) is 0 Å². The number of aryl methyl sites for hydroxylation is 2. The average Bonchev–Trinajstić information content (AvgIpc) is 2.38. The third-order valence-corrected chi connectivity index (χ3v) is 3.39. The lowest BCUT2D eigenvalue weighted by molar-refractivity contribution is 0.605. The predicted molar refractivity (Wildman–Crippen MR) is 78.4 cm³/mol. The minimum Gasteiger partial charge on any atom is -0.307 e. The number of hydrogen-bond donors (Lipinski definition) is 1. The largest absolute Gasteiger partial charge is 0.307 e. The SMILES string of the molecule is Cc1cc(CNCc2ccc(Br)cn2)cc(C)c1F. The van der Waals surface area contributed by atoms with Crippen molar-refractivity contribution in [3.63, 3.8) is 0 Å². The minimum atomic E-state index is -0.113. The van der Waals surface area contributed by atoms with Crippen LogP contribution in [0.15, 0.2) is 34.9 Å². The highest BCUT2D eigenvalue weighted by atomic mass is 79.9. The van der Waals surface area contributed by atoms with Gasteiger partial charge in [-0.15, -0.1) is 0 Å². The molecule has 0 radical (unpaired) electrons. The van der Waals surface area contributed by atoms with Crippen LogP contribution in [0.4, 0.5) is 4.39 Å². The Morgan fingerprint density at radius 2 is 1.84 bits per heavy atom. The fourth-order valence-electron chi connectivity index (χ4n) is 1.98. The smallest absolute Gasteiger partial charge is 0.129 e. The van der Waals surface area contributed by atoms with Crippen molar-refractivity contribution in [2.75, 3.05) is 0 Å². The van der Waals surface area contributed by atoms with Gasteiger partial charge < -0.3 is 5.32 Å². The van der Waals surface area contributed by atoms with Crippen molar-refractivity contribution in [2.24, 2.45) is 0 Å². The van der Waals surface area contributed by atoms with Crippen LogP contribution in [-0.2, 0) is 13.1 Å². The molecule has 0 aliphatic carbocycles. The van der Waals surface area contributed by atoms with E-state index in [0.29, 0.717) is 24.2 Å². The summed E-state index contributed by atoms with van der Waals surface area (Å²) in [5.41, 5.74) is 3.46. The Bertz CT molecular complexity index is 544. The van der Waals surface area contributed by atoms with E-state index >= 15 is 0 Å². The summed E-state index contributed by atoms with van der Waals surface area (Å²) >= 11 is 3.35. The first-order valence-electron chi connectivity index (χ1n) is 6.13. The Labute approximate surface area is 121 Å². The quantitative estimate of drug-likeness (QED) is 0.923. The van der Waals surface area contributed by atoms with E-state index in [9.17, 15) is 4.39 Å². The van der Waals surface area contributed by atoms with Gasteiger partial charge in [0.25, 0.3) is 0 Å². The lowest BCUT2D eigenvalue weighted by Crippen LogP contribution is -2.14. The molecule has 2 rings (SSSR count). The molecule has 1 aromatic heterocycles. The maximum atomic E-state index is 13.5. The van der Waals surface area contributed by atoms with E-state index in [1.54, 1.807) is 20.0 Å². The van der Waals surface area contributed by atoms with E-state index in [0.717, 1.165) is 15.7 Å². The first-order valence-corrected chi connectivity index (χ1v) is 6.92. The molecule has 0 unspecified atom stereocenters. The molecule has 4 heteroatoms. The number of pyridine rings is 1. The molecule has 0 bridgehead atoms. The monoisotopic (exact) mass is 322 g/mol. The van der Waals surface area contributed by atoms with Gasteiger partial charge in [-0.25, -0.2) is 4.39 Å². The van der Waals surface area contributed by atoms with Crippen LogP contribution in [0.25, 0.3) is 0 Å². The van der Waals surface area contributed by atoms with E-state index in [1.165, 1.54) is 0 Å². The van der Waals surface area contributed by atoms with Crippen LogP contribution >= 0.6 is 15.9 Å². The van der Waals surface area contributed by atoms with Crippen molar-refractivity contribution in [3.05, 3.63) is 63.1 Å². The highest BCUT2D eigenvalue weighted by Crippen LogP contribution is 2.14. The first kappa shape index (κ1) is 14.2. The second-order valence-electron chi connectivity index (χ2n) is 4.61. The van der Waals surface area contributed by atoms with Crippen molar-refractivity contribution in [2.45, 2.75) is 26.9 Å². The summed E-state index contributed by atoms with van der Waals surface area (Å²) in [6.07, 6.45) is 1.78. The summed E-state index contributed by atoms with van der Waals surface area (Å²) in [6.45, 7) is 4.99. The molecule has 2 aromatic rings. The van der Waals surface area contributed by atoms with Gasteiger partial charge in [0.15, 0.2) is 0 Å². The van der Waals surface area contributed by atoms with Crippen molar-refractivity contribution in [1.29, 1.82) is 0 Å². The Morgan fingerprint density at radius 1 is 1.16 bits per heavy atom. The molecule has 0 spiro atoms. The normalized spacial score (nSPS) is 10.7. The van der Waals surface area contributed by atoms with Gasteiger partial charge in [0.1, 0.15) is 5.82 Å². The van der Waals surface area contributed by atoms with Crippen LogP contribution in [0.2, 0.25) is 0 Å². The molecule has 1 heterocycles. The third kappa shape index (κ3) is 3.85. The van der Waals surface area contributed by atoms with Gasteiger partial charge in [0, 0.05) is 23.8 Å². The number of halogens is 2. The molecule has 100 valence electrons. The number of benzene rings is 1. The van der Waals surface area contributed by atoms with Gasteiger partial charge in [-0.05, 0) is 58.6 Å². The van der Waals surface area contributed by atoms with E-state index in [1.807, 2.05) is 24.3 Å². The number of rotatable bonds is 4. The lowest BCUT2D eigenvalue weighted by atomic mass is 10.1. The number of nitrogens with one attached hydrogen (secondary N) is 1. The summed E-state index contributed by atoms with van der Waals surface area (Å²) in [7, 11) is 0. The van der Waals surface area contributed by atoms with Crippen molar-refractivity contribution < 1.29 is 4.39 Å². The standard InChI is InChI=1S/C15H16BrFN2/c1-10-5-12(6-11(2)15(10)17)7-18-9-14-4-3-13(16)8-19-14/h3-6,8,18H,7,9H2,1-2H3. The van der Waals surface area contributed by atoms with Crippen molar-refractivity contribution >= 4 is 15.9 Å². The van der Waals surface area contributed by atoms with Crippen molar-refractivity contribution in [1.82, 2.24) is 10.3 Å². The fraction of sp³-hybridized carbons (Fsp3) is 0.267. The Morgan fingerprint density at radius 3 is 2.42 bits per heavy atom. The number of aromatic nitrogens is 1. The molecule has 0 fully saturated rings. The van der Waals surface area contributed by atoms with Gasteiger partial charge in [0.2, 0.25) is 0 Å².